The van der Waals surface area contributed by atoms with Gasteiger partial charge in [-0.15, -0.1) is 0 Å². The van der Waals surface area contributed by atoms with Crippen LogP contribution in [-0.2, 0) is 10.0 Å². The van der Waals surface area contributed by atoms with Crippen LogP contribution in [0.4, 0.5) is 5.69 Å². The number of nitrogens with one attached hydrogen (secondary N) is 1. The molecule has 0 atom stereocenters. The number of fused-ring (bicyclic) bond motifs is 1. The Hall–Kier alpha value is -2.74. The van der Waals surface area contributed by atoms with E-state index in [0.29, 0.717) is 16.4 Å². The molecule has 1 heterocycles. The van der Waals surface area contributed by atoms with Crippen LogP contribution >= 0.6 is 0 Å². The van der Waals surface area contributed by atoms with E-state index in [1.165, 1.54) is 42.5 Å². The third-order valence-electron chi connectivity index (χ3n) is 3.52. The van der Waals surface area contributed by atoms with Gasteiger partial charge in [-0.1, -0.05) is 17.6 Å². The Balaban J connectivity index is 2.02. The highest BCUT2D eigenvalue weighted by molar-refractivity contribution is 7.92. The predicted octanol–water partition coefficient (Wildman–Crippen LogP) is 2.03. The van der Waals surface area contributed by atoms with Gasteiger partial charge in [0.1, 0.15) is 24.8 Å². The van der Waals surface area contributed by atoms with Gasteiger partial charge >= 0.3 is 5.97 Å². The zero-order chi connectivity index (χ0) is 17.5. The summed E-state index contributed by atoms with van der Waals surface area (Å²) in [6, 6.07) is 10.2. The van der Waals surface area contributed by atoms with Crippen LogP contribution in [0.2, 0.25) is 0 Å². The highest BCUT2D eigenvalue weighted by Crippen LogP contribution is 2.29. The van der Waals surface area contributed by atoms with Gasteiger partial charge in [-0.25, -0.2) is 13.2 Å². The third kappa shape index (κ3) is 2.88. The summed E-state index contributed by atoms with van der Waals surface area (Å²) < 4.78 is 32.6. The van der Waals surface area contributed by atoms with Gasteiger partial charge in [-0.3, -0.25) is 4.72 Å². The van der Waals surface area contributed by atoms with Crippen molar-refractivity contribution in [2.75, 3.05) is 4.72 Å². The van der Waals surface area contributed by atoms with Crippen molar-refractivity contribution in [2.45, 2.75) is 11.8 Å². The van der Waals surface area contributed by atoms with Gasteiger partial charge in [0, 0.05) is 11.1 Å². The molecule has 1 aromatic heterocycles. The third-order valence-corrected chi connectivity index (χ3v) is 4.92. The number of hydrogen-bond acceptors (Lipinski definition) is 4. The van der Waals surface area contributed by atoms with Gasteiger partial charge in [-0.05, 0) is 37.3 Å². The highest BCUT2D eigenvalue weighted by atomic mass is 32.2. The molecule has 0 bridgehead atoms. The monoisotopic (exact) mass is 341 g/mol. The maximum Gasteiger partial charge on any atom is 0.339 e. The molecule has 0 spiro atoms. The van der Waals surface area contributed by atoms with E-state index in [1.807, 2.05) is 0 Å². The van der Waals surface area contributed by atoms with Crippen molar-refractivity contribution in [1.82, 2.24) is 0 Å². The molecule has 3 rings (SSSR count). The average Bonchev–Trinajstić information content (AvgIpc) is 2.82. The van der Waals surface area contributed by atoms with Crippen LogP contribution < -0.4 is 10.2 Å². The summed E-state index contributed by atoms with van der Waals surface area (Å²) in [7, 11) is 1.74. The molecule has 2 radical (unpaired) electrons. The SMILES string of the molecule is [B]c1ccc(S(=O)(=O)Nc2ccc3oc(C)c(C(=O)O)c3c2)cc1. The van der Waals surface area contributed by atoms with E-state index in [1.54, 1.807) is 6.92 Å². The Kier molecular flexibility index (Phi) is 3.84. The predicted molar refractivity (Wildman–Crippen MR) is 90.5 cm³/mol. The first-order valence-electron chi connectivity index (χ1n) is 6.93. The number of sulfonamides is 1. The fourth-order valence-electron chi connectivity index (χ4n) is 2.41. The maximum absolute atomic E-state index is 12.4. The zero-order valence-corrected chi connectivity index (χ0v) is 13.4. The molecule has 3 aromatic rings. The maximum atomic E-state index is 12.4. The Morgan fingerprint density at radius 2 is 1.83 bits per heavy atom. The summed E-state index contributed by atoms with van der Waals surface area (Å²) in [5.74, 6) is -0.874. The first kappa shape index (κ1) is 16.1. The molecule has 6 nitrogen and oxygen atoms in total. The Morgan fingerprint density at radius 3 is 2.46 bits per heavy atom. The summed E-state index contributed by atoms with van der Waals surface area (Å²) in [6.45, 7) is 1.54. The Labute approximate surface area is 139 Å². The lowest BCUT2D eigenvalue weighted by Gasteiger charge is -2.08. The fraction of sp³-hybridized carbons (Fsp3) is 0.0625. The van der Waals surface area contributed by atoms with Crippen molar-refractivity contribution >= 4 is 46.0 Å². The molecular weight excluding hydrogens is 329 g/mol. The van der Waals surface area contributed by atoms with E-state index in [4.69, 9.17) is 12.3 Å². The van der Waals surface area contributed by atoms with E-state index in [9.17, 15) is 18.3 Å². The van der Waals surface area contributed by atoms with Gasteiger partial charge in [0.15, 0.2) is 0 Å². The standard InChI is InChI=1S/C16H12BNO5S/c1-9-15(16(19)20)13-8-11(4-7-14(13)23-9)18-24(21,22)12-5-2-10(17)3-6-12/h2-8,18H,1H3,(H,19,20). The van der Waals surface area contributed by atoms with Gasteiger partial charge in [0.25, 0.3) is 10.0 Å². The summed E-state index contributed by atoms with van der Waals surface area (Å²) in [5, 5.41) is 9.60. The first-order valence-corrected chi connectivity index (χ1v) is 8.41. The fourth-order valence-corrected chi connectivity index (χ4v) is 3.46. The smallest absolute Gasteiger partial charge is 0.339 e. The second kappa shape index (κ2) is 5.72. The Morgan fingerprint density at radius 1 is 1.17 bits per heavy atom. The molecule has 0 aliphatic carbocycles. The molecule has 2 N–H and O–H groups in total. The number of carboxylic acid groups (broad SMARTS) is 1. The molecule has 0 saturated heterocycles. The number of carbonyl (C=O) groups is 1. The minimum Gasteiger partial charge on any atom is -0.478 e. The highest BCUT2D eigenvalue weighted by Gasteiger charge is 2.19. The zero-order valence-electron chi connectivity index (χ0n) is 12.6. The van der Waals surface area contributed by atoms with Gasteiger partial charge < -0.3 is 9.52 Å². The molecule has 0 aliphatic rings. The largest absolute Gasteiger partial charge is 0.478 e. The Bertz CT molecular complexity index is 1040. The van der Waals surface area contributed by atoms with Crippen LogP contribution in [0.15, 0.2) is 51.8 Å². The minimum absolute atomic E-state index is 0.0125. The summed E-state index contributed by atoms with van der Waals surface area (Å²) in [4.78, 5) is 11.4. The number of aromatic carboxylic acids is 1. The van der Waals surface area contributed by atoms with Crippen molar-refractivity contribution < 1.29 is 22.7 Å². The molecule has 0 aliphatic heterocycles. The normalized spacial score (nSPS) is 11.5. The number of carboxylic acids is 1. The minimum atomic E-state index is -3.81. The topological polar surface area (TPSA) is 96.6 Å². The molecule has 2 aromatic carbocycles. The molecule has 0 saturated carbocycles. The second-order valence-electron chi connectivity index (χ2n) is 5.22. The number of anilines is 1. The molecule has 120 valence electrons. The lowest BCUT2D eigenvalue weighted by Crippen LogP contribution is -2.14. The molecule has 0 amide bonds. The van der Waals surface area contributed by atoms with Crippen LogP contribution in [0.3, 0.4) is 0 Å². The lowest BCUT2D eigenvalue weighted by atomic mass is 9.97. The molecule has 8 heteroatoms. The number of furan rings is 1. The van der Waals surface area contributed by atoms with Crippen molar-refractivity contribution in [3.8, 4) is 0 Å². The van der Waals surface area contributed by atoms with Crippen molar-refractivity contribution in [2.24, 2.45) is 0 Å². The van der Waals surface area contributed by atoms with Crippen molar-refractivity contribution in [3.05, 3.63) is 53.8 Å². The van der Waals surface area contributed by atoms with Gasteiger partial charge in [0.05, 0.1) is 4.90 Å². The van der Waals surface area contributed by atoms with Crippen LogP contribution in [0, 0.1) is 6.92 Å². The number of hydrogen-bond donors (Lipinski definition) is 2. The second-order valence-corrected chi connectivity index (χ2v) is 6.91. The van der Waals surface area contributed by atoms with Crippen molar-refractivity contribution in [1.29, 1.82) is 0 Å². The van der Waals surface area contributed by atoms with E-state index in [0.717, 1.165) is 0 Å². The van der Waals surface area contributed by atoms with E-state index >= 15 is 0 Å². The van der Waals surface area contributed by atoms with E-state index in [-0.39, 0.29) is 21.9 Å². The molecule has 0 unspecified atom stereocenters. The number of benzene rings is 2. The van der Waals surface area contributed by atoms with Crippen LogP contribution in [0.1, 0.15) is 16.1 Å². The molecule has 0 fully saturated rings. The molecular formula is C16H12BNO5S. The van der Waals surface area contributed by atoms with Crippen LogP contribution in [0.25, 0.3) is 11.0 Å². The van der Waals surface area contributed by atoms with Crippen LogP contribution in [-0.4, -0.2) is 27.3 Å². The number of aryl methyl sites for hydroxylation is 1. The van der Waals surface area contributed by atoms with Crippen molar-refractivity contribution in [3.63, 3.8) is 0 Å². The summed E-state index contributed by atoms with van der Waals surface area (Å²) >= 11 is 0. The van der Waals surface area contributed by atoms with E-state index < -0.39 is 16.0 Å². The summed E-state index contributed by atoms with van der Waals surface area (Å²) in [5.41, 5.74) is 1.08. The van der Waals surface area contributed by atoms with Gasteiger partial charge in [0.2, 0.25) is 0 Å². The van der Waals surface area contributed by atoms with E-state index in [2.05, 4.69) is 4.72 Å². The van der Waals surface area contributed by atoms with Gasteiger partial charge in [-0.2, -0.15) is 0 Å². The molecule has 24 heavy (non-hydrogen) atoms. The average molecular weight is 341 g/mol. The summed E-state index contributed by atoms with van der Waals surface area (Å²) in [6.07, 6.45) is 0. The number of rotatable bonds is 4. The van der Waals surface area contributed by atoms with Crippen LogP contribution in [0.5, 0.6) is 0 Å². The quantitative estimate of drug-likeness (QED) is 0.708. The lowest BCUT2D eigenvalue weighted by molar-refractivity contribution is 0.0697. The first-order chi connectivity index (χ1) is 11.3.